The van der Waals surface area contributed by atoms with Crippen LogP contribution in [0.1, 0.15) is 86.5 Å². The number of aliphatic carboxylic acids is 1. The average molecular weight is 487 g/mol. The summed E-state index contributed by atoms with van der Waals surface area (Å²) < 4.78 is 4.86. The van der Waals surface area contributed by atoms with Gasteiger partial charge >= 0.3 is 11.9 Å². The van der Waals surface area contributed by atoms with Crippen molar-refractivity contribution >= 4 is 11.9 Å². The molecule has 3 aliphatic carbocycles. The quantitative estimate of drug-likeness (QED) is 0.238. The third-order valence-corrected chi connectivity index (χ3v) is 10.6. The first-order valence-corrected chi connectivity index (χ1v) is 13.2. The highest BCUT2D eigenvalue weighted by molar-refractivity contribution is 5.87. The number of allylic oxidation sites excluding steroid dienone is 3. The van der Waals surface area contributed by atoms with Gasteiger partial charge in [-0.15, -0.1) is 0 Å². The van der Waals surface area contributed by atoms with Crippen molar-refractivity contribution in [3.8, 4) is 0 Å². The van der Waals surface area contributed by atoms with E-state index in [1.807, 2.05) is 19.9 Å². The van der Waals surface area contributed by atoms with E-state index in [1.54, 1.807) is 0 Å². The Morgan fingerprint density at radius 2 is 1.91 bits per heavy atom. The predicted molar refractivity (Wildman–Crippen MR) is 139 cm³/mol. The Hall–Kier alpha value is -1.88. The number of carbonyl (C=O) groups excluding carboxylic acids is 1. The van der Waals surface area contributed by atoms with Crippen LogP contribution in [0.25, 0.3) is 0 Å². The molecular weight excluding hydrogens is 440 g/mol. The average Bonchev–Trinajstić information content (AvgIpc) is 3.06. The fourth-order valence-corrected chi connectivity index (χ4v) is 8.47. The maximum Gasteiger partial charge on any atom is 0.333 e. The normalized spacial score (nSPS) is 39.8. The second-order valence-corrected chi connectivity index (χ2v) is 12.4. The lowest BCUT2D eigenvalue weighted by molar-refractivity contribution is -0.138. The van der Waals surface area contributed by atoms with Gasteiger partial charge in [0.1, 0.15) is 0 Å². The minimum atomic E-state index is -0.791. The smallest absolute Gasteiger partial charge is 0.333 e. The van der Waals surface area contributed by atoms with Gasteiger partial charge in [-0.3, -0.25) is 4.79 Å². The molecule has 2 N–H and O–H groups in total. The van der Waals surface area contributed by atoms with Crippen molar-refractivity contribution in [3.63, 3.8) is 0 Å². The van der Waals surface area contributed by atoms with Crippen LogP contribution in [0.4, 0.5) is 0 Å². The standard InChI is InChI=1S/C30H46O5/c1-18(2)26-24(31)17-23-22(28(26,5)14-13-25(32)33)12-16-29(6)21(11-15-30(23,29)7)19(3)9-10-20(4)27(34)35-8/h10,12,19,21,23-24,26,31H,1,9,11,13-17H2,2-8H3,(H,32,33)/b20-10-/t19-,21-,23-,24-,26-,28-,29-,30+/m1/s1. The number of fused-ring (bicyclic) bond motifs is 3. The molecule has 196 valence electrons. The number of esters is 1. The van der Waals surface area contributed by atoms with Gasteiger partial charge in [0.15, 0.2) is 0 Å². The number of methoxy groups -OCH3 is 1. The zero-order chi connectivity index (χ0) is 26.3. The molecule has 0 radical (unpaired) electrons. The molecule has 2 fully saturated rings. The summed E-state index contributed by atoms with van der Waals surface area (Å²) >= 11 is 0. The minimum Gasteiger partial charge on any atom is -0.481 e. The number of hydrogen-bond acceptors (Lipinski definition) is 4. The Bertz CT molecular complexity index is 931. The third kappa shape index (κ3) is 4.54. The summed E-state index contributed by atoms with van der Waals surface area (Å²) in [5.41, 5.74) is 2.66. The Balaban J connectivity index is 1.97. The van der Waals surface area contributed by atoms with Crippen molar-refractivity contribution in [3.05, 3.63) is 35.5 Å². The summed E-state index contributed by atoms with van der Waals surface area (Å²) in [6.07, 6.45) is 9.26. The van der Waals surface area contributed by atoms with Gasteiger partial charge in [0, 0.05) is 17.9 Å². The van der Waals surface area contributed by atoms with Gasteiger partial charge in [0.2, 0.25) is 0 Å². The van der Waals surface area contributed by atoms with Crippen LogP contribution in [0.3, 0.4) is 0 Å². The van der Waals surface area contributed by atoms with Crippen LogP contribution in [-0.2, 0) is 14.3 Å². The van der Waals surface area contributed by atoms with Gasteiger partial charge < -0.3 is 14.9 Å². The van der Waals surface area contributed by atoms with E-state index in [4.69, 9.17) is 4.74 Å². The highest BCUT2D eigenvalue weighted by Gasteiger charge is 2.64. The number of ether oxygens (including phenoxy) is 1. The lowest BCUT2D eigenvalue weighted by Crippen LogP contribution is -2.55. The molecule has 2 saturated carbocycles. The maximum atomic E-state index is 11.8. The fraction of sp³-hybridized carbons (Fsp3) is 0.733. The molecule has 5 heteroatoms. The van der Waals surface area contributed by atoms with Crippen LogP contribution < -0.4 is 0 Å². The van der Waals surface area contributed by atoms with Gasteiger partial charge in [-0.25, -0.2) is 4.79 Å². The number of carboxylic acids is 1. The van der Waals surface area contributed by atoms with Crippen LogP contribution >= 0.6 is 0 Å². The first-order valence-electron chi connectivity index (χ1n) is 13.2. The molecule has 0 amide bonds. The lowest BCUT2D eigenvalue weighted by Gasteiger charge is -2.61. The molecule has 0 aromatic heterocycles. The highest BCUT2D eigenvalue weighted by Crippen LogP contribution is 2.71. The highest BCUT2D eigenvalue weighted by atomic mass is 16.5. The molecule has 5 nitrogen and oxygen atoms in total. The second kappa shape index (κ2) is 9.88. The lowest BCUT2D eigenvalue weighted by atomic mass is 9.44. The summed E-state index contributed by atoms with van der Waals surface area (Å²) in [6.45, 7) is 17.3. The van der Waals surface area contributed by atoms with Gasteiger partial charge in [-0.05, 0) is 86.4 Å². The summed E-state index contributed by atoms with van der Waals surface area (Å²) in [7, 11) is 1.42. The summed E-state index contributed by atoms with van der Waals surface area (Å²) in [5, 5.41) is 20.9. The maximum absolute atomic E-state index is 11.8. The Labute approximate surface area is 211 Å². The Morgan fingerprint density at radius 1 is 1.26 bits per heavy atom. The van der Waals surface area contributed by atoms with Gasteiger partial charge in [0.25, 0.3) is 0 Å². The van der Waals surface area contributed by atoms with E-state index < -0.39 is 17.5 Å². The van der Waals surface area contributed by atoms with Crippen molar-refractivity contribution < 1.29 is 24.5 Å². The van der Waals surface area contributed by atoms with E-state index in [-0.39, 0.29) is 35.1 Å². The van der Waals surface area contributed by atoms with Crippen LogP contribution in [0.5, 0.6) is 0 Å². The fourth-order valence-electron chi connectivity index (χ4n) is 8.47. The molecule has 0 heterocycles. The van der Waals surface area contributed by atoms with Crippen LogP contribution in [0, 0.1) is 39.9 Å². The molecule has 0 spiro atoms. The first-order chi connectivity index (χ1) is 16.2. The van der Waals surface area contributed by atoms with E-state index in [0.717, 1.165) is 31.3 Å². The van der Waals surface area contributed by atoms with Crippen LogP contribution in [-0.4, -0.2) is 35.4 Å². The SMILES string of the molecule is C=C(C)[C@@H]1[C@H](O)C[C@@H]2C(=CC[C@]3(C)[C@@H]([C@H](C)C/C=C(/C)C(=O)OC)CC[C@@]23C)[C@@]1(C)CCC(=O)O. The number of rotatable bonds is 8. The molecule has 3 aliphatic rings. The number of hydrogen-bond donors (Lipinski definition) is 2. The van der Waals surface area contributed by atoms with Crippen molar-refractivity contribution in [2.75, 3.05) is 7.11 Å². The molecule has 0 aromatic carbocycles. The van der Waals surface area contributed by atoms with E-state index in [1.165, 1.54) is 12.7 Å². The summed E-state index contributed by atoms with van der Waals surface area (Å²) in [6, 6.07) is 0. The Morgan fingerprint density at radius 3 is 2.49 bits per heavy atom. The second-order valence-electron chi connectivity index (χ2n) is 12.4. The minimum absolute atomic E-state index is 0.0304. The molecule has 35 heavy (non-hydrogen) atoms. The number of aliphatic hydroxyl groups excluding tert-OH is 1. The molecule has 0 saturated heterocycles. The third-order valence-electron chi connectivity index (χ3n) is 10.6. The van der Waals surface area contributed by atoms with Crippen LogP contribution in [0.2, 0.25) is 0 Å². The monoisotopic (exact) mass is 486 g/mol. The molecule has 8 atom stereocenters. The Kier molecular flexibility index (Phi) is 7.82. The van der Waals surface area contributed by atoms with E-state index in [9.17, 15) is 19.8 Å². The largest absolute Gasteiger partial charge is 0.481 e. The zero-order valence-electron chi connectivity index (χ0n) is 22.8. The van der Waals surface area contributed by atoms with Crippen molar-refractivity contribution in [1.82, 2.24) is 0 Å². The molecule has 3 rings (SSSR count). The van der Waals surface area contributed by atoms with Crippen molar-refractivity contribution in [1.29, 1.82) is 0 Å². The number of carbonyl (C=O) groups is 2. The van der Waals surface area contributed by atoms with Gasteiger partial charge in [0.05, 0.1) is 13.2 Å². The van der Waals surface area contributed by atoms with Crippen molar-refractivity contribution in [2.24, 2.45) is 39.9 Å². The molecule has 0 aromatic rings. The predicted octanol–water partition coefficient (Wildman–Crippen LogP) is 6.33. The number of aliphatic hydroxyl groups is 1. The van der Waals surface area contributed by atoms with Gasteiger partial charge in [-0.1, -0.05) is 57.6 Å². The summed E-state index contributed by atoms with van der Waals surface area (Å²) in [5.74, 6) is -0.0237. The first kappa shape index (κ1) is 27.7. The zero-order valence-corrected chi connectivity index (χ0v) is 22.8. The number of carboxylic acid groups (broad SMARTS) is 1. The van der Waals surface area contributed by atoms with Gasteiger partial charge in [-0.2, -0.15) is 0 Å². The van der Waals surface area contributed by atoms with Crippen LogP contribution in [0.15, 0.2) is 35.5 Å². The van der Waals surface area contributed by atoms with E-state index in [2.05, 4.69) is 40.3 Å². The van der Waals surface area contributed by atoms with E-state index >= 15 is 0 Å². The molecule has 0 unspecified atom stereocenters. The molecule has 0 aliphatic heterocycles. The summed E-state index contributed by atoms with van der Waals surface area (Å²) in [4.78, 5) is 23.4. The molecular formula is C30H46O5. The van der Waals surface area contributed by atoms with Crippen molar-refractivity contribution in [2.45, 2.75) is 92.6 Å². The van der Waals surface area contributed by atoms with E-state index in [0.29, 0.717) is 30.3 Å². The molecule has 0 bridgehead atoms. The topological polar surface area (TPSA) is 83.8 Å².